The van der Waals surface area contributed by atoms with Crippen molar-refractivity contribution in [3.05, 3.63) is 170 Å². The lowest BCUT2D eigenvalue weighted by molar-refractivity contribution is -0.166. The van der Waals surface area contributed by atoms with Gasteiger partial charge in [-0.05, 0) is 141 Å². The van der Waals surface area contributed by atoms with Crippen molar-refractivity contribution in [3.8, 4) is 0 Å². The summed E-state index contributed by atoms with van der Waals surface area (Å²) >= 11 is 0. The van der Waals surface area contributed by atoms with Crippen molar-refractivity contribution in [2.45, 2.75) is 284 Å². The number of esters is 3. The van der Waals surface area contributed by atoms with Gasteiger partial charge < -0.3 is 14.2 Å². The maximum Gasteiger partial charge on any atom is 0.306 e. The lowest BCUT2D eigenvalue weighted by Gasteiger charge is -2.18. The normalized spacial score (nSPS) is 13.2. The Morgan fingerprint density at radius 3 is 0.819 bits per heavy atom. The molecule has 0 aromatic carbocycles. The summed E-state index contributed by atoms with van der Waals surface area (Å²) < 4.78 is 16.8. The number of ether oxygens (including phenoxy) is 3. The molecular weight excluding hydrogens is 1020 g/mol. The van der Waals surface area contributed by atoms with Crippen molar-refractivity contribution < 1.29 is 28.6 Å². The molecule has 1 unspecified atom stereocenters. The molecule has 6 nitrogen and oxygen atoms in total. The molecule has 0 amide bonds. The first-order valence-electron chi connectivity index (χ1n) is 33.6. The molecule has 0 N–H and O–H groups in total. The van der Waals surface area contributed by atoms with Crippen LogP contribution < -0.4 is 0 Å². The van der Waals surface area contributed by atoms with Crippen LogP contribution in [0.1, 0.15) is 278 Å². The van der Waals surface area contributed by atoms with Crippen LogP contribution in [0, 0.1) is 0 Å². The van der Waals surface area contributed by atoms with Gasteiger partial charge in [-0.1, -0.05) is 287 Å². The third-order valence-corrected chi connectivity index (χ3v) is 13.7. The summed E-state index contributed by atoms with van der Waals surface area (Å²) in [5, 5.41) is 0. The number of rotatable bonds is 59. The van der Waals surface area contributed by atoms with Crippen molar-refractivity contribution in [2.24, 2.45) is 0 Å². The maximum atomic E-state index is 12.9. The van der Waals surface area contributed by atoms with Gasteiger partial charge in [-0.15, -0.1) is 0 Å². The summed E-state index contributed by atoms with van der Waals surface area (Å²) in [6, 6.07) is 0. The van der Waals surface area contributed by atoms with E-state index in [0.717, 1.165) is 141 Å². The number of hydrogen-bond acceptors (Lipinski definition) is 6. The summed E-state index contributed by atoms with van der Waals surface area (Å²) in [5.74, 6) is -1.02. The van der Waals surface area contributed by atoms with Crippen LogP contribution in [0.5, 0.6) is 0 Å². The van der Waals surface area contributed by atoms with Crippen LogP contribution in [0.2, 0.25) is 0 Å². The van der Waals surface area contributed by atoms with E-state index >= 15 is 0 Å². The Kier molecular flexibility index (Phi) is 64.9. The fraction of sp³-hybridized carbons (Fsp3) is 0.597. The first kappa shape index (κ1) is 77.8. The topological polar surface area (TPSA) is 78.9 Å². The van der Waals surface area contributed by atoms with Gasteiger partial charge >= 0.3 is 17.9 Å². The smallest absolute Gasteiger partial charge is 0.306 e. The predicted octanol–water partition coefficient (Wildman–Crippen LogP) is 23.4. The molecule has 0 heterocycles. The van der Waals surface area contributed by atoms with Gasteiger partial charge in [0.05, 0.1) is 0 Å². The monoisotopic (exact) mass is 1140 g/mol. The number of carbonyl (C=O) groups is 3. The average molecular weight is 1140 g/mol. The molecule has 0 aliphatic rings. The van der Waals surface area contributed by atoms with Crippen LogP contribution in [0.15, 0.2) is 170 Å². The Morgan fingerprint density at radius 2 is 0.494 bits per heavy atom. The van der Waals surface area contributed by atoms with E-state index in [-0.39, 0.29) is 37.5 Å². The Balaban J connectivity index is 4.39. The summed E-state index contributed by atoms with van der Waals surface area (Å²) in [6.07, 6.45) is 102. The summed E-state index contributed by atoms with van der Waals surface area (Å²) in [7, 11) is 0. The van der Waals surface area contributed by atoms with Gasteiger partial charge in [0, 0.05) is 19.3 Å². The Hall–Kier alpha value is -5.23. The lowest BCUT2D eigenvalue weighted by atomic mass is 10.1. The number of unbranched alkanes of at least 4 members (excludes halogenated alkanes) is 20. The zero-order chi connectivity index (χ0) is 59.9. The van der Waals surface area contributed by atoms with Crippen molar-refractivity contribution in [3.63, 3.8) is 0 Å². The SMILES string of the molecule is CC/C=C\C/C=C\C/C=C\C/C=C\C/C=C\C/C=C\C/C=C\C/C=C\C/C=C\CCCCCCCC(=O)OCC(COC(=O)CC/C=C\C/C=C\C/C=C\C/C=C\CC)OC(=O)CCCCCCCCCCC/C=C\CCCCCCCC. The minimum atomic E-state index is -0.825. The average Bonchev–Trinajstić information content (AvgIpc) is 3.49. The Morgan fingerprint density at radius 1 is 0.253 bits per heavy atom. The van der Waals surface area contributed by atoms with Crippen molar-refractivity contribution in [2.75, 3.05) is 13.2 Å². The van der Waals surface area contributed by atoms with Gasteiger partial charge in [0.15, 0.2) is 6.10 Å². The predicted molar refractivity (Wildman–Crippen MR) is 361 cm³/mol. The van der Waals surface area contributed by atoms with Crippen molar-refractivity contribution in [1.29, 1.82) is 0 Å². The molecule has 0 aromatic rings. The zero-order valence-corrected chi connectivity index (χ0v) is 53.4. The molecule has 0 saturated carbocycles. The molecule has 0 saturated heterocycles. The van der Waals surface area contributed by atoms with Gasteiger partial charge in [-0.2, -0.15) is 0 Å². The van der Waals surface area contributed by atoms with Crippen LogP contribution in [-0.4, -0.2) is 37.2 Å². The van der Waals surface area contributed by atoms with E-state index in [1.54, 1.807) is 0 Å². The second-order valence-corrected chi connectivity index (χ2v) is 21.6. The van der Waals surface area contributed by atoms with E-state index in [0.29, 0.717) is 19.3 Å². The third kappa shape index (κ3) is 67.4. The molecular formula is C77H122O6. The molecule has 0 aliphatic heterocycles. The van der Waals surface area contributed by atoms with Crippen molar-refractivity contribution in [1.82, 2.24) is 0 Å². The molecule has 0 aliphatic carbocycles. The molecule has 0 fully saturated rings. The Labute approximate surface area is 511 Å². The Bertz CT molecular complexity index is 1890. The molecule has 466 valence electrons. The van der Waals surface area contributed by atoms with Gasteiger partial charge in [0.2, 0.25) is 0 Å². The summed E-state index contributed by atoms with van der Waals surface area (Å²) in [4.78, 5) is 38.3. The third-order valence-electron chi connectivity index (χ3n) is 13.7. The highest BCUT2D eigenvalue weighted by Crippen LogP contribution is 2.15. The van der Waals surface area contributed by atoms with Crippen LogP contribution in [-0.2, 0) is 28.6 Å². The van der Waals surface area contributed by atoms with E-state index in [9.17, 15) is 14.4 Å². The van der Waals surface area contributed by atoms with Crippen LogP contribution in [0.25, 0.3) is 0 Å². The molecule has 0 aromatic heterocycles. The fourth-order valence-electron chi connectivity index (χ4n) is 8.74. The molecule has 0 bridgehead atoms. The van der Waals surface area contributed by atoms with Gasteiger partial charge in [0.1, 0.15) is 13.2 Å². The van der Waals surface area contributed by atoms with E-state index in [1.807, 2.05) is 6.08 Å². The van der Waals surface area contributed by atoms with E-state index in [4.69, 9.17) is 14.2 Å². The lowest BCUT2D eigenvalue weighted by Crippen LogP contribution is -2.30. The highest BCUT2D eigenvalue weighted by atomic mass is 16.6. The van der Waals surface area contributed by atoms with Crippen molar-refractivity contribution >= 4 is 17.9 Å². The zero-order valence-electron chi connectivity index (χ0n) is 53.4. The highest BCUT2D eigenvalue weighted by molar-refractivity contribution is 5.71. The largest absolute Gasteiger partial charge is 0.462 e. The fourth-order valence-corrected chi connectivity index (χ4v) is 8.74. The minimum absolute atomic E-state index is 0.118. The standard InChI is InChI=1S/C77H122O6/c1-4-7-10-13-16-19-22-25-27-29-31-32-33-34-35-36-37-38-39-40-41-42-43-44-46-47-49-52-55-58-61-64-67-70-76(79)82-73-74(72-81-75(78)69-66-63-60-57-54-51-24-21-18-15-12-9-6-3)83-77(80)71-68-65-62-59-56-53-50-48-45-30-28-26-23-20-17-14-11-8-5-2/h7,9-10,12,16,18-19,21,25-28,31-32,34-35,37-38,40-41,43-44,47,49,51,54,60,63,74H,4-6,8,11,13-15,17,20,22-24,29-30,33,36,39,42,45-46,48,50,52-53,55-59,61-62,64-73H2,1-3H3/b10-7-,12-9-,19-16-,21-18-,27-25-,28-26-,32-31-,35-34-,38-37-,41-40-,44-43-,49-47-,54-51-,63-60-. The minimum Gasteiger partial charge on any atom is -0.462 e. The van der Waals surface area contributed by atoms with E-state index < -0.39 is 6.10 Å². The summed E-state index contributed by atoms with van der Waals surface area (Å²) in [6.45, 7) is 6.32. The molecule has 83 heavy (non-hydrogen) atoms. The quantitative estimate of drug-likeness (QED) is 0.0261. The second kappa shape index (κ2) is 69.3. The van der Waals surface area contributed by atoms with E-state index in [1.165, 1.54) is 89.9 Å². The molecule has 0 rings (SSSR count). The second-order valence-electron chi connectivity index (χ2n) is 21.6. The van der Waals surface area contributed by atoms with Gasteiger partial charge in [-0.25, -0.2) is 0 Å². The maximum absolute atomic E-state index is 12.9. The molecule has 6 heteroatoms. The molecule has 1 atom stereocenters. The van der Waals surface area contributed by atoms with Crippen LogP contribution in [0.3, 0.4) is 0 Å². The first-order chi connectivity index (χ1) is 41.0. The van der Waals surface area contributed by atoms with Crippen LogP contribution >= 0.6 is 0 Å². The number of carbonyl (C=O) groups excluding carboxylic acids is 3. The van der Waals surface area contributed by atoms with E-state index in [2.05, 4.69) is 185 Å². The molecule has 0 radical (unpaired) electrons. The van der Waals surface area contributed by atoms with Gasteiger partial charge in [-0.3, -0.25) is 14.4 Å². The molecule has 0 spiro atoms. The highest BCUT2D eigenvalue weighted by Gasteiger charge is 2.19. The number of hydrogen-bond donors (Lipinski definition) is 0. The number of allylic oxidation sites excluding steroid dienone is 28. The summed E-state index contributed by atoms with van der Waals surface area (Å²) in [5.41, 5.74) is 0. The first-order valence-corrected chi connectivity index (χ1v) is 33.6. The van der Waals surface area contributed by atoms with Crippen LogP contribution in [0.4, 0.5) is 0 Å². The van der Waals surface area contributed by atoms with Gasteiger partial charge in [0.25, 0.3) is 0 Å².